The minimum atomic E-state index is -0.316. The molecule has 2 N–H and O–H groups in total. The predicted molar refractivity (Wildman–Crippen MR) is 80.2 cm³/mol. The van der Waals surface area contributed by atoms with Gasteiger partial charge >= 0.3 is 0 Å². The molecule has 1 aliphatic heterocycles. The van der Waals surface area contributed by atoms with Crippen LogP contribution in [0, 0.1) is 10.1 Å². The minimum Gasteiger partial charge on any atom is -0.372 e. The highest BCUT2D eigenvalue weighted by Crippen LogP contribution is 2.27. The van der Waals surface area contributed by atoms with Crippen LogP contribution in [0.1, 0.15) is 18.4 Å². The first-order chi connectivity index (χ1) is 9.58. The van der Waals surface area contributed by atoms with Crippen molar-refractivity contribution >= 4 is 11.4 Å². The average molecular weight is 278 g/mol. The third-order valence-corrected chi connectivity index (χ3v) is 3.65. The van der Waals surface area contributed by atoms with E-state index < -0.39 is 0 Å². The van der Waals surface area contributed by atoms with Gasteiger partial charge < -0.3 is 15.5 Å². The molecular formula is C14H22N4O2. The van der Waals surface area contributed by atoms with E-state index in [0.29, 0.717) is 18.3 Å². The minimum absolute atomic E-state index is 0.166. The molecule has 1 aromatic rings. The van der Waals surface area contributed by atoms with E-state index in [-0.39, 0.29) is 10.6 Å². The van der Waals surface area contributed by atoms with Crippen LogP contribution in [0.3, 0.4) is 0 Å². The van der Waals surface area contributed by atoms with Crippen LogP contribution in [0.5, 0.6) is 0 Å². The van der Waals surface area contributed by atoms with E-state index in [4.69, 9.17) is 0 Å². The maximum absolute atomic E-state index is 11.1. The van der Waals surface area contributed by atoms with Crippen molar-refractivity contribution in [2.24, 2.45) is 0 Å². The van der Waals surface area contributed by atoms with E-state index in [9.17, 15) is 10.1 Å². The fourth-order valence-electron chi connectivity index (χ4n) is 2.49. The van der Waals surface area contributed by atoms with Crippen molar-refractivity contribution in [2.75, 3.05) is 32.1 Å². The normalized spacial score (nSPS) is 16.1. The summed E-state index contributed by atoms with van der Waals surface area (Å²) in [5.74, 6) is 0. The number of benzene rings is 1. The molecule has 0 spiro atoms. The quantitative estimate of drug-likeness (QED) is 0.631. The van der Waals surface area contributed by atoms with E-state index >= 15 is 0 Å². The van der Waals surface area contributed by atoms with Gasteiger partial charge in [-0.3, -0.25) is 10.1 Å². The summed E-state index contributed by atoms with van der Waals surface area (Å²) < 4.78 is 0. The molecule has 0 amide bonds. The summed E-state index contributed by atoms with van der Waals surface area (Å²) in [4.78, 5) is 12.6. The summed E-state index contributed by atoms with van der Waals surface area (Å²) in [7, 11) is 3.63. The molecule has 0 saturated carbocycles. The Kier molecular flexibility index (Phi) is 4.92. The number of hydrogen-bond acceptors (Lipinski definition) is 5. The van der Waals surface area contributed by atoms with E-state index in [1.165, 1.54) is 0 Å². The molecule has 1 aliphatic rings. The SMILES string of the molecule is CN(C)c1ccc(CNC2CCNCC2)cc1[N+](=O)[O-]. The van der Waals surface area contributed by atoms with Gasteiger partial charge in [-0.15, -0.1) is 0 Å². The lowest BCUT2D eigenvalue weighted by molar-refractivity contribution is -0.384. The fraction of sp³-hybridized carbons (Fsp3) is 0.571. The van der Waals surface area contributed by atoms with Crippen LogP contribution in [0.2, 0.25) is 0 Å². The highest BCUT2D eigenvalue weighted by molar-refractivity contribution is 5.63. The fourth-order valence-corrected chi connectivity index (χ4v) is 2.49. The first-order valence-electron chi connectivity index (χ1n) is 6.96. The predicted octanol–water partition coefficient (Wildman–Crippen LogP) is 1.50. The Morgan fingerprint density at radius 2 is 2.10 bits per heavy atom. The molecule has 2 rings (SSSR count). The molecule has 0 atom stereocenters. The Bertz CT molecular complexity index is 470. The maximum atomic E-state index is 11.1. The van der Waals surface area contributed by atoms with Crippen LogP contribution in [-0.2, 0) is 6.54 Å². The van der Waals surface area contributed by atoms with E-state index in [1.54, 1.807) is 11.0 Å². The third kappa shape index (κ3) is 3.68. The summed E-state index contributed by atoms with van der Waals surface area (Å²) >= 11 is 0. The molecule has 110 valence electrons. The van der Waals surface area contributed by atoms with Crippen LogP contribution >= 0.6 is 0 Å². The van der Waals surface area contributed by atoms with Gasteiger partial charge in [-0.05, 0) is 37.6 Å². The largest absolute Gasteiger partial charge is 0.372 e. The van der Waals surface area contributed by atoms with E-state index in [0.717, 1.165) is 31.5 Å². The standard InChI is InChI=1S/C14H22N4O2/c1-17(2)13-4-3-11(9-14(13)18(19)20)10-16-12-5-7-15-8-6-12/h3-4,9,12,15-16H,5-8,10H2,1-2H3. The Morgan fingerprint density at radius 3 is 2.70 bits per heavy atom. The zero-order valence-corrected chi connectivity index (χ0v) is 12.1. The molecule has 0 aliphatic carbocycles. The molecule has 1 aromatic carbocycles. The number of anilines is 1. The van der Waals surface area contributed by atoms with Gasteiger partial charge in [0.25, 0.3) is 5.69 Å². The van der Waals surface area contributed by atoms with Crippen molar-refractivity contribution in [1.29, 1.82) is 0 Å². The molecule has 6 nitrogen and oxygen atoms in total. The molecular weight excluding hydrogens is 256 g/mol. The molecule has 1 fully saturated rings. The zero-order valence-electron chi connectivity index (χ0n) is 12.1. The number of hydrogen-bond donors (Lipinski definition) is 2. The molecule has 0 aromatic heterocycles. The molecule has 1 saturated heterocycles. The second-order valence-corrected chi connectivity index (χ2v) is 5.38. The number of rotatable bonds is 5. The summed E-state index contributed by atoms with van der Waals surface area (Å²) in [5, 5.41) is 17.9. The van der Waals surface area contributed by atoms with Gasteiger partial charge in [-0.25, -0.2) is 0 Å². The van der Waals surface area contributed by atoms with Crippen molar-refractivity contribution in [1.82, 2.24) is 10.6 Å². The van der Waals surface area contributed by atoms with Crippen molar-refractivity contribution in [3.05, 3.63) is 33.9 Å². The second kappa shape index (κ2) is 6.67. The van der Waals surface area contributed by atoms with Gasteiger partial charge in [0.2, 0.25) is 0 Å². The summed E-state index contributed by atoms with van der Waals surface area (Å²) in [6, 6.07) is 5.95. The van der Waals surface area contributed by atoms with Crippen molar-refractivity contribution in [3.63, 3.8) is 0 Å². The number of nitrogens with one attached hydrogen (secondary N) is 2. The number of nitro benzene ring substituents is 1. The summed E-state index contributed by atoms with van der Waals surface area (Å²) in [5.41, 5.74) is 1.76. The van der Waals surface area contributed by atoms with Crippen molar-refractivity contribution in [2.45, 2.75) is 25.4 Å². The van der Waals surface area contributed by atoms with Crippen molar-refractivity contribution in [3.8, 4) is 0 Å². The Labute approximate surface area is 119 Å². The van der Waals surface area contributed by atoms with Crippen LogP contribution < -0.4 is 15.5 Å². The summed E-state index contributed by atoms with van der Waals surface area (Å²) in [6.07, 6.45) is 2.22. The van der Waals surface area contributed by atoms with Crippen LogP contribution in [0.15, 0.2) is 18.2 Å². The van der Waals surface area contributed by atoms with E-state index in [2.05, 4.69) is 10.6 Å². The van der Waals surface area contributed by atoms with Gasteiger partial charge in [0.05, 0.1) is 4.92 Å². The number of nitrogens with zero attached hydrogens (tertiary/aromatic N) is 2. The van der Waals surface area contributed by atoms with Crippen LogP contribution in [0.25, 0.3) is 0 Å². The topological polar surface area (TPSA) is 70.4 Å². The lowest BCUT2D eigenvalue weighted by atomic mass is 10.1. The van der Waals surface area contributed by atoms with Gasteiger partial charge in [0.15, 0.2) is 0 Å². The smallest absolute Gasteiger partial charge is 0.292 e. The first kappa shape index (κ1) is 14.7. The highest BCUT2D eigenvalue weighted by Gasteiger charge is 2.17. The first-order valence-corrected chi connectivity index (χ1v) is 6.96. The maximum Gasteiger partial charge on any atom is 0.292 e. The molecule has 1 heterocycles. The molecule has 0 unspecified atom stereocenters. The van der Waals surface area contributed by atoms with Crippen molar-refractivity contribution < 1.29 is 4.92 Å². The van der Waals surface area contributed by atoms with Gasteiger partial charge in [0, 0.05) is 32.7 Å². The number of piperidine rings is 1. The van der Waals surface area contributed by atoms with E-state index in [1.807, 2.05) is 26.2 Å². The summed E-state index contributed by atoms with van der Waals surface area (Å²) in [6.45, 7) is 2.76. The molecule has 0 bridgehead atoms. The zero-order chi connectivity index (χ0) is 14.5. The van der Waals surface area contributed by atoms with Crippen LogP contribution in [0.4, 0.5) is 11.4 Å². The highest BCUT2D eigenvalue weighted by atomic mass is 16.6. The Hall–Kier alpha value is -1.66. The Morgan fingerprint density at radius 1 is 1.40 bits per heavy atom. The molecule has 6 heteroatoms. The Balaban J connectivity index is 2.04. The van der Waals surface area contributed by atoms with Gasteiger partial charge in [-0.2, -0.15) is 0 Å². The average Bonchev–Trinajstić information content (AvgIpc) is 2.45. The monoisotopic (exact) mass is 278 g/mol. The third-order valence-electron chi connectivity index (χ3n) is 3.65. The molecule has 20 heavy (non-hydrogen) atoms. The van der Waals surface area contributed by atoms with Crippen LogP contribution in [-0.4, -0.2) is 38.2 Å². The lowest BCUT2D eigenvalue weighted by Crippen LogP contribution is -2.39. The molecule has 0 radical (unpaired) electrons. The second-order valence-electron chi connectivity index (χ2n) is 5.38. The number of nitro groups is 1. The van der Waals surface area contributed by atoms with Gasteiger partial charge in [0.1, 0.15) is 5.69 Å². The van der Waals surface area contributed by atoms with Gasteiger partial charge in [-0.1, -0.05) is 6.07 Å². The lowest BCUT2D eigenvalue weighted by Gasteiger charge is -2.24.